The van der Waals surface area contributed by atoms with Crippen LogP contribution in [0, 0.1) is 9.49 Å². The predicted octanol–water partition coefficient (Wildman–Crippen LogP) is 3.44. The minimum atomic E-state index is 0.339. The fourth-order valence-corrected chi connectivity index (χ4v) is 2.86. The van der Waals surface area contributed by atoms with Gasteiger partial charge in [-0.2, -0.15) is 0 Å². The molecule has 0 spiro atoms. The summed E-state index contributed by atoms with van der Waals surface area (Å²) in [6, 6.07) is 6.00. The number of rotatable bonds is 4. The second-order valence-electron chi connectivity index (χ2n) is 3.72. The van der Waals surface area contributed by atoms with Crippen LogP contribution in [-0.2, 0) is 4.79 Å². The summed E-state index contributed by atoms with van der Waals surface area (Å²) in [4.78, 5) is 11.5. The zero-order valence-electron chi connectivity index (χ0n) is 8.09. The molecule has 1 fully saturated rings. The van der Waals surface area contributed by atoms with Gasteiger partial charge in [-0.15, -0.1) is 0 Å². The van der Waals surface area contributed by atoms with Crippen molar-refractivity contribution in [2.24, 2.45) is 5.92 Å². The van der Waals surface area contributed by atoms with Gasteiger partial charge in [0.2, 0.25) is 0 Å². The molecule has 1 N–H and O–H groups in total. The predicted molar refractivity (Wildman–Crippen MR) is 73.1 cm³/mol. The Kier molecular flexibility index (Phi) is 3.66. The molecule has 1 aliphatic rings. The van der Waals surface area contributed by atoms with E-state index in [9.17, 15) is 4.79 Å². The van der Waals surface area contributed by atoms with Crippen molar-refractivity contribution in [1.82, 2.24) is 0 Å². The van der Waals surface area contributed by atoms with Crippen LogP contribution in [0.15, 0.2) is 22.7 Å². The lowest BCUT2D eigenvalue weighted by molar-refractivity contribution is -0.118. The molecular formula is C11H11BrINO. The molecule has 0 atom stereocenters. The highest BCUT2D eigenvalue weighted by Gasteiger charge is 2.28. The third kappa shape index (κ3) is 3.17. The summed E-state index contributed by atoms with van der Waals surface area (Å²) < 4.78 is 2.19. The van der Waals surface area contributed by atoms with E-state index in [0.29, 0.717) is 18.2 Å². The van der Waals surface area contributed by atoms with Gasteiger partial charge < -0.3 is 5.32 Å². The lowest BCUT2D eigenvalue weighted by atomic mass is 10.2. The summed E-state index contributed by atoms with van der Waals surface area (Å²) in [5.74, 6) is 0.680. The van der Waals surface area contributed by atoms with E-state index in [0.717, 1.165) is 26.6 Å². The first-order valence-corrected chi connectivity index (χ1v) is 6.75. The van der Waals surface area contributed by atoms with E-state index in [1.54, 1.807) is 0 Å². The van der Waals surface area contributed by atoms with Gasteiger partial charge in [0.25, 0.3) is 0 Å². The van der Waals surface area contributed by atoms with Gasteiger partial charge in [-0.3, -0.25) is 4.79 Å². The van der Waals surface area contributed by atoms with Crippen molar-refractivity contribution in [3.8, 4) is 0 Å². The highest BCUT2D eigenvalue weighted by Crippen LogP contribution is 2.30. The van der Waals surface area contributed by atoms with Crippen molar-refractivity contribution in [3.05, 3.63) is 26.2 Å². The highest BCUT2D eigenvalue weighted by molar-refractivity contribution is 14.1. The molecule has 0 saturated heterocycles. The van der Waals surface area contributed by atoms with E-state index in [-0.39, 0.29) is 0 Å². The van der Waals surface area contributed by atoms with Crippen molar-refractivity contribution in [2.45, 2.75) is 12.8 Å². The maximum absolute atomic E-state index is 11.5. The number of benzene rings is 1. The molecule has 1 saturated carbocycles. The summed E-state index contributed by atoms with van der Waals surface area (Å²) in [6.45, 7) is 0.461. The smallest absolute Gasteiger partial charge is 0.154 e. The monoisotopic (exact) mass is 379 g/mol. The van der Waals surface area contributed by atoms with Crippen LogP contribution in [0.3, 0.4) is 0 Å². The second-order valence-corrected chi connectivity index (χ2v) is 5.80. The number of ketones is 1. The second kappa shape index (κ2) is 4.82. The first kappa shape index (κ1) is 11.4. The molecular weight excluding hydrogens is 369 g/mol. The summed E-state index contributed by atoms with van der Waals surface area (Å²) >= 11 is 5.67. The standard InChI is InChI=1S/C11H11BrINO/c12-8-3-4-10(9(13)5-8)14-6-11(15)7-1-2-7/h3-5,7,14H,1-2,6H2. The van der Waals surface area contributed by atoms with Crippen LogP contribution >= 0.6 is 38.5 Å². The van der Waals surface area contributed by atoms with Gasteiger partial charge >= 0.3 is 0 Å². The molecule has 1 aliphatic carbocycles. The first-order chi connectivity index (χ1) is 7.16. The minimum absolute atomic E-state index is 0.339. The summed E-state index contributed by atoms with van der Waals surface area (Å²) in [6.07, 6.45) is 2.16. The van der Waals surface area contributed by atoms with Crippen LogP contribution in [0.4, 0.5) is 5.69 Å². The zero-order chi connectivity index (χ0) is 10.8. The molecule has 2 rings (SSSR count). The van der Waals surface area contributed by atoms with Crippen LogP contribution in [0.25, 0.3) is 0 Å². The van der Waals surface area contributed by atoms with Crippen molar-refractivity contribution in [2.75, 3.05) is 11.9 Å². The van der Waals surface area contributed by atoms with E-state index in [1.165, 1.54) is 0 Å². The first-order valence-electron chi connectivity index (χ1n) is 4.88. The number of anilines is 1. The maximum Gasteiger partial charge on any atom is 0.154 e. The molecule has 1 aromatic carbocycles. The molecule has 0 unspecified atom stereocenters. The van der Waals surface area contributed by atoms with Gasteiger partial charge in [0.15, 0.2) is 5.78 Å². The number of halogens is 2. The number of nitrogens with one attached hydrogen (secondary N) is 1. The molecule has 80 valence electrons. The summed E-state index contributed by atoms with van der Waals surface area (Å²) in [5, 5.41) is 3.18. The van der Waals surface area contributed by atoms with Gasteiger partial charge in [-0.1, -0.05) is 15.9 Å². The number of Topliss-reactive ketones (excluding diaryl/α,β-unsaturated/α-hetero) is 1. The van der Waals surface area contributed by atoms with E-state index in [1.807, 2.05) is 18.2 Å². The maximum atomic E-state index is 11.5. The largest absolute Gasteiger partial charge is 0.377 e. The molecule has 0 radical (unpaired) electrons. The molecule has 0 amide bonds. The minimum Gasteiger partial charge on any atom is -0.377 e. The van der Waals surface area contributed by atoms with Crippen LogP contribution < -0.4 is 5.32 Å². The Balaban J connectivity index is 1.95. The van der Waals surface area contributed by atoms with Crippen molar-refractivity contribution in [3.63, 3.8) is 0 Å². The Hall–Kier alpha value is -0.100. The molecule has 15 heavy (non-hydrogen) atoms. The quantitative estimate of drug-likeness (QED) is 0.812. The van der Waals surface area contributed by atoms with E-state index < -0.39 is 0 Å². The Morgan fingerprint density at radius 3 is 2.87 bits per heavy atom. The van der Waals surface area contributed by atoms with E-state index in [2.05, 4.69) is 43.8 Å². The van der Waals surface area contributed by atoms with Gasteiger partial charge in [-0.25, -0.2) is 0 Å². The zero-order valence-corrected chi connectivity index (χ0v) is 11.8. The Labute approximate surface area is 111 Å². The highest BCUT2D eigenvalue weighted by atomic mass is 127. The van der Waals surface area contributed by atoms with Crippen LogP contribution in [0.5, 0.6) is 0 Å². The van der Waals surface area contributed by atoms with Gasteiger partial charge in [0, 0.05) is 19.6 Å². The number of carbonyl (C=O) groups excluding carboxylic acids is 1. The normalized spacial score (nSPS) is 15.1. The SMILES string of the molecule is O=C(CNc1ccc(Br)cc1I)C1CC1. The molecule has 2 nitrogen and oxygen atoms in total. The van der Waals surface area contributed by atoms with Gasteiger partial charge in [0.05, 0.1) is 6.54 Å². The molecule has 0 aromatic heterocycles. The Morgan fingerprint density at radius 1 is 1.53 bits per heavy atom. The molecule has 0 heterocycles. The molecule has 4 heteroatoms. The fourth-order valence-electron chi connectivity index (χ4n) is 1.36. The van der Waals surface area contributed by atoms with Crippen LogP contribution in [-0.4, -0.2) is 12.3 Å². The van der Waals surface area contributed by atoms with E-state index in [4.69, 9.17) is 0 Å². The molecule has 0 aliphatic heterocycles. The number of hydrogen-bond donors (Lipinski definition) is 1. The van der Waals surface area contributed by atoms with E-state index >= 15 is 0 Å². The van der Waals surface area contributed by atoms with Crippen LogP contribution in [0.1, 0.15) is 12.8 Å². The summed E-state index contributed by atoms with van der Waals surface area (Å²) in [5.41, 5.74) is 1.04. The molecule has 0 bridgehead atoms. The van der Waals surface area contributed by atoms with Gasteiger partial charge in [0.1, 0.15) is 0 Å². The topological polar surface area (TPSA) is 29.1 Å². The van der Waals surface area contributed by atoms with Crippen molar-refractivity contribution in [1.29, 1.82) is 0 Å². The van der Waals surface area contributed by atoms with Crippen molar-refractivity contribution >= 4 is 50.0 Å². The third-order valence-corrected chi connectivity index (χ3v) is 3.80. The fraction of sp³-hybridized carbons (Fsp3) is 0.364. The third-order valence-electron chi connectivity index (χ3n) is 2.42. The van der Waals surface area contributed by atoms with Gasteiger partial charge in [-0.05, 0) is 53.6 Å². The van der Waals surface area contributed by atoms with Crippen molar-refractivity contribution < 1.29 is 4.79 Å². The lowest BCUT2D eigenvalue weighted by Crippen LogP contribution is -2.15. The average Bonchev–Trinajstić information content (AvgIpc) is 2.99. The lowest BCUT2D eigenvalue weighted by Gasteiger charge is -2.07. The van der Waals surface area contributed by atoms with Crippen LogP contribution in [0.2, 0.25) is 0 Å². The number of hydrogen-bond acceptors (Lipinski definition) is 2. The summed E-state index contributed by atoms with van der Waals surface area (Å²) in [7, 11) is 0. The molecule has 1 aromatic rings. The Bertz CT molecular complexity index is 390. The Morgan fingerprint density at radius 2 is 2.27 bits per heavy atom. The average molecular weight is 380 g/mol. The number of carbonyl (C=O) groups is 1.